The number of aliphatic hydroxyl groups is 1. The predicted molar refractivity (Wildman–Crippen MR) is 102 cm³/mol. The summed E-state index contributed by atoms with van der Waals surface area (Å²) in [6.45, 7) is 12.0. The van der Waals surface area contributed by atoms with Crippen LogP contribution in [0.25, 0.3) is 0 Å². The van der Waals surface area contributed by atoms with Gasteiger partial charge in [-0.3, -0.25) is 0 Å². The van der Waals surface area contributed by atoms with Crippen LogP contribution in [0, 0.1) is 13.8 Å². The van der Waals surface area contributed by atoms with Gasteiger partial charge in [0.15, 0.2) is 0 Å². The van der Waals surface area contributed by atoms with Crippen molar-refractivity contribution >= 4 is 11.8 Å². The Morgan fingerprint density at radius 2 is 1.83 bits per heavy atom. The Hall–Kier alpha value is -1.26. The lowest BCUT2D eigenvalue weighted by Gasteiger charge is -2.13. The highest BCUT2D eigenvalue weighted by Crippen LogP contribution is 2.36. The maximum atomic E-state index is 9.41. The van der Waals surface area contributed by atoms with E-state index in [1.165, 1.54) is 21.0 Å². The van der Waals surface area contributed by atoms with Crippen LogP contribution in [0.15, 0.2) is 28.1 Å². The van der Waals surface area contributed by atoms with Gasteiger partial charge in [0.25, 0.3) is 0 Å². The van der Waals surface area contributed by atoms with Gasteiger partial charge < -0.3 is 9.67 Å². The van der Waals surface area contributed by atoms with Gasteiger partial charge in [0, 0.05) is 17.9 Å². The van der Waals surface area contributed by atoms with E-state index in [-0.39, 0.29) is 6.61 Å². The Kier molecular flexibility index (Phi) is 6.93. The second kappa shape index (κ2) is 8.72. The van der Waals surface area contributed by atoms with Gasteiger partial charge in [0.1, 0.15) is 10.9 Å². The van der Waals surface area contributed by atoms with E-state index in [0.717, 1.165) is 30.9 Å². The first-order valence-corrected chi connectivity index (χ1v) is 9.74. The van der Waals surface area contributed by atoms with Gasteiger partial charge in [0.2, 0.25) is 0 Å². The van der Waals surface area contributed by atoms with Gasteiger partial charge in [-0.25, -0.2) is 4.98 Å². The summed E-state index contributed by atoms with van der Waals surface area (Å²) >= 11 is 1.81. The first-order valence-electron chi connectivity index (χ1n) is 8.92. The summed E-state index contributed by atoms with van der Waals surface area (Å²) in [6.07, 6.45) is 2.91. The lowest BCUT2D eigenvalue weighted by molar-refractivity contribution is 0.293. The van der Waals surface area contributed by atoms with Crippen LogP contribution in [0.3, 0.4) is 0 Å². The number of imidazole rings is 1. The molecule has 0 bridgehead atoms. The largest absolute Gasteiger partial charge is 0.396 e. The fraction of sp³-hybridized carbons (Fsp3) is 0.550. The van der Waals surface area contributed by atoms with Crippen molar-refractivity contribution in [3.8, 4) is 0 Å². The van der Waals surface area contributed by atoms with Crippen LogP contribution in [0.5, 0.6) is 0 Å². The molecular weight excluding hydrogens is 316 g/mol. The maximum absolute atomic E-state index is 9.41. The zero-order valence-corrected chi connectivity index (χ0v) is 16.4. The Morgan fingerprint density at radius 3 is 2.38 bits per heavy atom. The van der Waals surface area contributed by atoms with Crippen LogP contribution in [0.4, 0.5) is 0 Å². The number of rotatable bonds is 8. The van der Waals surface area contributed by atoms with E-state index in [0.29, 0.717) is 12.3 Å². The van der Waals surface area contributed by atoms with Gasteiger partial charge in [-0.1, -0.05) is 45.0 Å². The van der Waals surface area contributed by atoms with Crippen LogP contribution in [0.1, 0.15) is 62.2 Å². The van der Waals surface area contributed by atoms with E-state index in [4.69, 9.17) is 4.98 Å². The number of aromatic nitrogens is 2. The highest BCUT2D eigenvalue weighted by molar-refractivity contribution is 7.99. The number of nitrogens with zero attached hydrogens (tertiary/aromatic N) is 2. The molecule has 0 fully saturated rings. The van der Waals surface area contributed by atoms with Gasteiger partial charge in [0.05, 0.1) is 12.3 Å². The minimum Gasteiger partial charge on any atom is -0.396 e. The van der Waals surface area contributed by atoms with Gasteiger partial charge >= 0.3 is 0 Å². The van der Waals surface area contributed by atoms with Crippen molar-refractivity contribution in [1.82, 2.24) is 9.55 Å². The first kappa shape index (κ1) is 19.1. The molecule has 0 spiro atoms. The number of aliphatic hydroxyl groups excluding tert-OH is 1. The molecule has 24 heavy (non-hydrogen) atoms. The highest BCUT2D eigenvalue weighted by Gasteiger charge is 2.20. The van der Waals surface area contributed by atoms with Gasteiger partial charge in [-0.05, 0) is 49.4 Å². The van der Waals surface area contributed by atoms with Crippen molar-refractivity contribution < 1.29 is 5.11 Å². The van der Waals surface area contributed by atoms with Crippen molar-refractivity contribution in [3.05, 3.63) is 40.8 Å². The minimum absolute atomic E-state index is 0.147. The van der Waals surface area contributed by atoms with E-state index in [1.807, 2.05) is 11.8 Å². The molecule has 0 saturated heterocycles. The lowest BCUT2D eigenvalue weighted by atomic mass is 10.1. The summed E-state index contributed by atoms with van der Waals surface area (Å²) in [6, 6.07) is 6.69. The standard InChI is InChI=1S/C20H30N2OS/c1-6-7-9-22-18(8-10-23)21-19(14(2)3)20(22)24-17-12-15(4)11-16(5)13-17/h11-14,23H,6-10H2,1-5H3. The summed E-state index contributed by atoms with van der Waals surface area (Å²) in [5, 5.41) is 10.7. The zero-order valence-electron chi connectivity index (χ0n) is 15.6. The van der Waals surface area contributed by atoms with Crippen LogP contribution in [-0.4, -0.2) is 21.3 Å². The van der Waals surface area contributed by atoms with E-state index < -0.39 is 0 Å². The third-order valence-electron chi connectivity index (χ3n) is 4.05. The van der Waals surface area contributed by atoms with Gasteiger partial charge in [-0.2, -0.15) is 0 Å². The van der Waals surface area contributed by atoms with E-state index in [2.05, 4.69) is 57.4 Å². The Bertz CT molecular complexity index is 656. The molecule has 1 aromatic heterocycles. The maximum Gasteiger partial charge on any atom is 0.112 e. The van der Waals surface area contributed by atoms with Crippen LogP contribution in [-0.2, 0) is 13.0 Å². The molecule has 0 saturated carbocycles. The van der Waals surface area contributed by atoms with Gasteiger partial charge in [-0.15, -0.1) is 0 Å². The number of aryl methyl sites for hydroxylation is 2. The summed E-state index contributed by atoms with van der Waals surface area (Å²) in [7, 11) is 0. The zero-order chi connectivity index (χ0) is 17.7. The summed E-state index contributed by atoms with van der Waals surface area (Å²) in [5.74, 6) is 1.39. The van der Waals surface area contributed by atoms with Crippen LogP contribution >= 0.6 is 11.8 Å². The lowest BCUT2D eigenvalue weighted by Crippen LogP contribution is -2.07. The third-order valence-corrected chi connectivity index (χ3v) is 5.15. The van der Waals surface area contributed by atoms with E-state index in [1.54, 1.807) is 0 Å². The molecular formula is C20H30N2OS. The molecule has 2 aromatic rings. The van der Waals surface area contributed by atoms with Crippen molar-refractivity contribution in [3.63, 3.8) is 0 Å². The monoisotopic (exact) mass is 346 g/mol. The molecule has 3 nitrogen and oxygen atoms in total. The second-order valence-electron chi connectivity index (χ2n) is 6.78. The van der Waals surface area contributed by atoms with Crippen molar-refractivity contribution in [2.45, 2.75) is 76.3 Å². The molecule has 1 N–H and O–H groups in total. The molecule has 0 aliphatic rings. The quantitative estimate of drug-likeness (QED) is 0.722. The number of hydrogen-bond acceptors (Lipinski definition) is 3. The van der Waals surface area contributed by atoms with Crippen molar-refractivity contribution in [2.75, 3.05) is 6.61 Å². The summed E-state index contributed by atoms with van der Waals surface area (Å²) < 4.78 is 2.33. The summed E-state index contributed by atoms with van der Waals surface area (Å²) in [4.78, 5) is 6.14. The molecule has 1 aromatic carbocycles. The van der Waals surface area contributed by atoms with Crippen LogP contribution in [0.2, 0.25) is 0 Å². The average molecular weight is 347 g/mol. The molecule has 0 unspecified atom stereocenters. The minimum atomic E-state index is 0.147. The Labute approximate surface area is 150 Å². The smallest absolute Gasteiger partial charge is 0.112 e. The Balaban J connectivity index is 2.47. The normalized spacial score (nSPS) is 11.5. The topological polar surface area (TPSA) is 38.0 Å². The highest BCUT2D eigenvalue weighted by atomic mass is 32.2. The molecule has 0 radical (unpaired) electrons. The number of hydrogen-bond donors (Lipinski definition) is 1. The van der Waals surface area contributed by atoms with E-state index in [9.17, 15) is 5.11 Å². The molecule has 2 rings (SSSR count). The first-order chi connectivity index (χ1) is 11.5. The molecule has 0 aliphatic heterocycles. The number of benzene rings is 1. The molecule has 132 valence electrons. The predicted octanol–water partition coefficient (Wildman–Crippen LogP) is 5.11. The Morgan fingerprint density at radius 1 is 1.17 bits per heavy atom. The average Bonchev–Trinajstić information content (AvgIpc) is 2.82. The van der Waals surface area contributed by atoms with Crippen molar-refractivity contribution in [2.24, 2.45) is 0 Å². The fourth-order valence-corrected chi connectivity index (χ4v) is 4.33. The molecule has 4 heteroatoms. The molecule has 0 atom stereocenters. The molecule has 1 heterocycles. The molecule has 0 amide bonds. The summed E-state index contributed by atoms with van der Waals surface area (Å²) in [5.41, 5.74) is 3.73. The molecule has 0 aliphatic carbocycles. The van der Waals surface area contributed by atoms with Crippen molar-refractivity contribution in [1.29, 1.82) is 0 Å². The second-order valence-corrected chi connectivity index (χ2v) is 7.84. The third kappa shape index (κ3) is 4.64. The van der Waals surface area contributed by atoms with Crippen LogP contribution < -0.4 is 0 Å². The number of unbranched alkanes of at least 4 members (excludes halogenated alkanes) is 1. The van der Waals surface area contributed by atoms with E-state index >= 15 is 0 Å². The SMILES string of the molecule is CCCCn1c(CCO)nc(C(C)C)c1Sc1cc(C)cc(C)c1. The fourth-order valence-electron chi connectivity index (χ4n) is 2.93.